The molecule has 1 N–H and O–H groups in total. The van der Waals surface area contributed by atoms with Crippen LogP contribution in [0.2, 0.25) is 0 Å². The second-order valence-corrected chi connectivity index (χ2v) is 2.65. The SMILES string of the molecule is COCc1ccoc1C(CO)N=[N+]=[N-]. The fraction of sp³-hybridized carbons (Fsp3) is 0.500. The van der Waals surface area contributed by atoms with Gasteiger partial charge in [0, 0.05) is 17.6 Å². The predicted molar refractivity (Wildman–Crippen MR) is 48.4 cm³/mol. The number of furan rings is 1. The molecule has 0 aliphatic heterocycles. The first kappa shape index (κ1) is 10.6. The van der Waals surface area contributed by atoms with Crippen LogP contribution in [-0.4, -0.2) is 18.8 Å². The van der Waals surface area contributed by atoms with Gasteiger partial charge < -0.3 is 14.3 Å². The van der Waals surface area contributed by atoms with Gasteiger partial charge in [0.05, 0.1) is 19.5 Å². The molecular formula is C8H11N3O3. The van der Waals surface area contributed by atoms with E-state index in [1.807, 2.05) is 0 Å². The van der Waals surface area contributed by atoms with Gasteiger partial charge in [-0.15, -0.1) is 0 Å². The van der Waals surface area contributed by atoms with Gasteiger partial charge in [-0.2, -0.15) is 0 Å². The number of aliphatic hydroxyl groups is 1. The Morgan fingerprint density at radius 2 is 2.57 bits per heavy atom. The number of ether oxygens (including phenoxy) is 1. The first-order valence-electron chi connectivity index (χ1n) is 4.03. The van der Waals surface area contributed by atoms with E-state index >= 15 is 0 Å². The van der Waals surface area contributed by atoms with Crippen molar-refractivity contribution in [1.29, 1.82) is 0 Å². The molecule has 0 aromatic carbocycles. The van der Waals surface area contributed by atoms with E-state index in [1.165, 1.54) is 6.26 Å². The Labute approximate surface area is 80.7 Å². The van der Waals surface area contributed by atoms with Gasteiger partial charge in [0.2, 0.25) is 0 Å². The molecule has 1 rings (SSSR count). The Hall–Kier alpha value is -1.49. The van der Waals surface area contributed by atoms with Gasteiger partial charge in [-0.25, -0.2) is 0 Å². The van der Waals surface area contributed by atoms with E-state index in [9.17, 15) is 0 Å². The number of nitrogens with zero attached hydrogens (tertiary/aromatic N) is 3. The summed E-state index contributed by atoms with van der Waals surface area (Å²) in [5.74, 6) is 0.451. The van der Waals surface area contributed by atoms with Crippen molar-refractivity contribution in [2.75, 3.05) is 13.7 Å². The van der Waals surface area contributed by atoms with Gasteiger partial charge in [0.25, 0.3) is 0 Å². The highest BCUT2D eigenvalue weighted by atomic mass is 16.5. The minimum Gasteiger partial charge on any atom is -0.468 e. The molecule has 0 saturated carbocycles. The molecule has 6 nitrogen and oxygen atoms in total. The summed E-state index contributed by atoms with van der Waals surface area (Å²) in [6.45, 7) is 0.0809. The summed E-state index contributed by atoms with van der Waals surface area (Å²) in [4.78, 5) is 2.63. The maximum atomic E-state index is 8.96. The molecule has 1 aromatic heterocycles. The van der Waals surface area contributed by atoms with Crippen molar-refractivity contribution in [2.24, 2.45) is 5.11 Å². The maximum Gasteiger partial charge on any atom is 0.120 e. The van der Waals surface area contributed by atoms with Crippen LogP contribution >= 0.6 is 0 Å². The summed E-state index contributed by atoms with van der Waals surface area (Å²) < 4.78 is 10.0. The summed E-state index contributed by atoms with van der Waals surface area (Å²) in [5.41, 5.74) is 9.04. The second kappa shape index (κ2) is 5.29. The van der Waals surface area contributed by atoms with E-state index in [2.05, 4.69) is 10.0 Å². The summed E-state index contributed by atoms with van der Waals surface area (Å²) >= 11 is 0. The Morgan fingerprint density at radius 1 is 1.79 bits per heavy atom. The average molecular weight is 197 g/mol. The van der Waals surface area contributed by atoms with Gasteiger partial charge in [-0.1, -0.05) is 5.11 Å². The molecule has 0 fully saturated rings. The molecule has 0 spiro atoms. The van der Waals surface area contributed by atoms with Crippen LogP contribution in [0, 0.1) is 0 Å². The number of methoxy groups -OCH3 is 1. The monoisotopic (exact) mass is 197 g/mol. The molecule has 0 bridgehead atoms. The van der Waals surface area contributed by atoms with Gasteiger partial charge >= 0.3 is 0 Å². The molecule has 0 amide bonds. The molecule has 1 unspecified atom stereocenters. The van der Waals surface area contributed by atoms with Crippen molar-refractivity contribution in [3.63, 3.8) is 0 Å². The first-order valence-corrected chi connectivity index (χ1v) is 4.03. The summed E-state index contributed by atoms with van der Waals surface area (Å²) in [6, 6.07) is 1.04. The fourth-order valence-corrected chi connectivity index (χ4v) is 1.15. The van der Waals surface area contributed by atoms with Crippen LogP contribution in [0.1, 0.15) is 17.4 Å². The van der Waals surface area contributed by atoms with E-state index in [1.54, 1.807) is 13.2 Å². The van der Waals surface area contributed by atoms with Gasteiger partial charge in [0.15, 0.2) is 0 Å². The highest BCUT2D eigenvalue weighted by molar-refractivity contribution is 5.19. The fourth-order valence-electron chi connectivity index (χ4n) is 1.15. The lowest BCUT2D eigenvalue weighted by Crippen LogP contribution is -2.02. The molecule has 1 heterocycles. The number of hydrogen-bond donors (Lipinski definition) is 1. The van der Waals surface area contributed by atoms with Crippen molar-refractivity contribution in [1.82, 2.24) is 0 Å². The smallest absolute Gasteiger partial charge is 0.120 e. The van der Waals surface area contributed by atoms with Crippen molar-refractivity contribution in [3.05, 3.63) is 34.1 Å². The van der Waals surface area contributed by atoms with Crippen LogP contribution in [0.5, 0.6) is 0 Å². The third kappa shape index (κ3) is 2.26. The maximum absolute atomic E-state index is 8.96. The van der Waals surface area contributed by atoms with Crippen LogP contribution in [0.3, 0.4) is 0 Å². The Bertz CT molecular complexity index is 330. The topological polar surface area (TPSA) is 91.4 Å². The van der Waals surface area contributed by atoms with Gasteiger partial charge in [-0.05, 0) is 11.6 Å². The molecule has 0 aliphatic rings. The van der Waals surface area contributed by atoms with Gasteiger partial charge in [0.1, 0.15) is 11.8 Å². The van der Waals surface area contributed by atoms with Crippen molar-refractivity contribution < 1.29 is 14.3 Å². The Morgan fingerprint density at radius 3 is 3.14 bits per heavy atom. The average Bonchev–Trinajstić information content (AvgIpc) is 2.63. The molecular weight excluding hydrogens is 186 g/mol. The van der Waals surface area contributed by atoms with E-state index in [4.69, 9.17) is 19.8 Å². The van der Waals surface area contributed by atoms with Crippen LogP contribution in [0.15, 0.2) is 21.9 Å². The minimum absolute atomic E-state index is 0.283. The number of aliphatic hydroxyl groups excluding tert-OH is 1. The van der Waals surface area contributed by atoms with E-state index in [0.717, 1.165) is 5.56 Å². The minimum atomic E-state index is -0.680. The lowest BCUT2D eigenvalue weighted by atomic mass is 10.1. The molecule has 0 saturated heterocycles. The van der Waals surface area contributed by atoms with Crippen molar-refractivity contribution >= 4 is 0 Å². The number of rotatable bonds is 5. The number of hydrogen-bond acceptors (Lipinski definition) is 4. The molecule has 6 heteroatoms. The second-order valence-electron chi connectivity index (χ2n) is 2.65. The highest BCUT2D eigenvalue weighted by Crippen LogP contribution is 2.23. The Kier molecular flexibility index (Phi) is 4.00. The summed E-state index contributed by atoms with van der Waals surface area (Å²) in [5, 5.41) is 12.4. The zero-order valence-corrected chi connectivity index (χ0v) is 7.75. The van der Waals surface area contributed by atoms with Crippen LogP contribution in [0.4, 0.5) is 0 Å². The third-order valence-corrected chi connectivity index (χ3v) is 1.75. The molecule has 0 aliphatic carbocycles. The number of azide groups is 1. The Balaban J connectivity index is 2.90. The molecule has 76 valence electrons. The molecule has 14 heavy (non-hydrogen) atoms. The molecule has 0 radical (unpaired) electrons. The van der Waals surface area contributed by atoms with Gasteiger partial charge in [-0.3, -0.25) is 0 Å². The summed E-state index contributed by atoms with van der Waals surface area (Å²) in [6.07, 6.45) is 1.47. The molecule has 1 atom stereocenters. The normalized spacial score (nSPS) is 12.1. The van der Waals surface area contributed by atoms with E-state index < -0.39 is 6.04 Å². The van der Waals surface area contributed by atoms with Crippen LogP contribution in [0.25, 0.3) is 10.4 Å². The van der Waals surface area contributed by atoms with E-state index in [0.29, 0.717) is 12.4 Å². The largest absolute Gasteiger partial charge is 0.468 e. The third-order valence-electron chi connectivity index (χ3n) is 1.75. The zero-order valence-electron chi connectivity index (χ0n) is 7.75. The predicted octanol–water partition coefficient (Wildman–Crippen LogP) is 1.77. The van der Waals surface area contributed by atoms with E-state index in [-0.39, 0.29) is 6.61 Å². The lowest BCUT2D eigenvalue weighted by Gasteiger charge is -2.06. The quantitative estimate of drug-likeness (QED) is 0.443. The van der Waals surface area contributed by atoms with Crippen LogP contribution < -0.4 is 0 Å². The molecule has 1 aromatic rings. The van der Waals surface area contributed by atoms with Crippen molar-refractivity contribution in [2.45, 2.75) is 12.6 Å². The lowest BCUT2D eigenvalue weighted by molar-refractivity contribution is 0.180. The van der Waals surface area contributed by atoms with Crippen molar-refractivity contribution in [3.8, 4) is 0 Å². The first-order chi connectivity index (χ1) is 6.83. The van der Waals surface area contributed by atoms with Crippen LogP contribution in [-0.2, 0) is 11.3 Å². The summed E-state index contributed by atoms with van der Waals surface area (Å²) in [7, 11) is 1.55. The zero-order chi connectivity index (χ0) is 10.4. The standard InChI is InChI=1S/C8H11N3O3/c1-13-5-6-2-3-14-8(6)7(4-12)10-11-9/h2-3,7,12H,4-5H2,1H3. The highest BCUT2D eigenvalue weighted by Gasteiger charge is 2.16.